The number of carbonyl (C=O) groups excluding carboxylic acids is 1. The molecule has 3 aromatic carbocycles. The van der Waals surface area contributed by atoms with E-state index in [0.717, 1.165) is 16.7 Å². The molecule has 1 aromatic heterocycles. The van der Waals surface area contributed by atoms with Gasteiger partial charge in [-0.2, -0.15) is 0 Å². The van der Waals surface area contributed by atoms with E-state index in [4.69, 9.17) is 9.26 Å². The van der Waals surface area contributed by atoms with Crippen molar-refractivity contribution < 1.29 is 14.1 Å². The lowest BCUT2D eigenvalue weighted by molar-refractivity contribution is 0.102. The number of ether oxygens (including phenoxy) is 1. The highest BCUT2D eigenvalue weighted by Gasteiger charge is 2.14. The van der Waals surface area contributed by atoms with E-state index in [0.29, 0.717) is 29.1 Å². The number of benzene rings is 3. The Balaban J connectivity index is 1.60. The summed E-state index contributed by atoms with van der Waals surface area (Å²) < 4.78 is 10.9. The maximum Gasteiger partial charge on any atom is 0.255 e. The molecule has 0 aliphatic heterocycles. The van der Waals surface area contributed by atoms with Crippen molar-refractivity contribution in [3.63, 3.8) is 0 Å². The maximum atomic E-state index is 12.6. The molecule has 1 N–H and O–H groups in total. The van der Waals surface area contributed by atoms with E-state index in [1.54, 1.807) is 18.2 Å². The van der Waals surface area contributed by atoms with Crippen LogP contribution >= 0.6 is 0 Å². The minimum Gasteiger partial charge on any atom is -0.494 e. The van der Waals surface area contributed by atoms with Gasteiger partial charge in [0.05, 0.1) is 12.0 Å². The Labute approximate surface area is 156 Å². The van der Waals surface area contributed by atoms with Crippen LogP contribution in [-0.4, -0.2) is 17.7 Å². The molecule has 134 valence electrons. The van der Waals surface area contributed by atoms with Gasteiger partial charge in [0.1, 0.15) is 11.3 Å². The summed E-state index contributed by atoms with van der Waals surface area (Å²) in [7, 11) is 0. The molecule has 4 rings (SSSR count). The zero-order valence-electron chi connectivity index (χ0n) is 14.8. The third-order valence-electron chi connectivity index (χ3n) is 4.20. The summed E-state index contributed by atoms with van der Waals surface area (Å²) in [5.74, 6) is 1.23. The molecule has 4 aromatic rings. The fourth-order valence-electron chi connectivity index (χ4n) is 2.88. The number of amides is 1. The molecule has 0 spiro atoms. The first-order chi connectivity index (χ1) is 13.2. The largest absolute Gasteiger partial charge is 0.494 e. The minimum atomic E-state index is -0.193. The van der Waals surface area contributed by atoms with Crippen LogP contribution in [0.25, 0.3) is 22.2 Å². The smallest absolute Gasteiger partial charge is 0.255 e. The lowest BCUT2D eigenvalue weighted by atomic mass is 10.1. The van der Waals surface area contributed by atoms with Crippen molar-refractivity contribution in [3.8, 4) is 17.1 Å². The molecule has 5 heteroatoms. The topological polar surface area (TPSA) is 64.4 Å². The fourth-order valence-corrected chi connectivity index (χ4v) is 2.88. The summed E-state index contributed by atoms with van der Waals surface area (Å²) in [6.07, 6.45) is 0. The van der Waals surface area contributed by atoms with E-state index < -0.39 is 0 Å². The van der Waals surface area contributed by atoms with E-state index in [2.05, 4.69) is 10.5 Å². The summed E-state index contributed by atoms with van der Waals surface area (Å²) in [5.41, 5.74) is 2.88. The Hall–Kier alpha value is -3.60. The standard InChI is InChI=1S/C22H18N2O3/c1-2-26-18-11-9-17(10-12-18)23-22(25)16-8-13-20-19(14-16)21(27-24-20)15-6-4-3-5-7-15/h3-14H,2H2,1H3,(H,23,25). The number of carbonyl (C=O) groups is 1. The molecule has 0 atom stereocenters. The average molecular weight is 358 g/mol. The zero-order chi connectivity index (χ0) is 18.6. The van der Waals surface area contributed by atoms with Crippen LogP contribution in [0.5, 0.6) is 5.75 Å². The highest BCUT2D eigenvalue weighted by molar-refractivity contribution is 6.07. The van der Waals surface area contributed by atoms with Gasteiger partial charge in [0.15, 0.2) is 5.76 Å². The second-order valence-corrected chi connectivity index (χ2v) is 6.02. The molecule has 27 heavy (non-hydrogen) atoms. The Kier molecular flexibility index (Phi) is 4.58. The van der Waals surface area contributed by atoms with Crippen LogP contribution in [-0.2, 0) is 0 Å². The Morgan fingerprint density at radius 2 is 1.81 bits per heavy atom. The van der Waals surface area contributed by atoms with Gasteiger partial charge in [-0.25, -0.2) is 0 Å². The Morgan fingerprint density at radius 3 is 2.56 bits per heavy atom. The van der Waals surface area contributed by atoms with Crippen molar-refractivity contribution in [3.05, 3.63) is 78.4 Å². The van der Waals surface area contributed by atoms with Crippen LogP contribution in [0.4, 0.5) is 5.69 Å². The predicted octanol–water partition coefficient (Wildman–Crippen LogP) is 5.15. The van der Waals surface area contributed by atoms with Crippen LogP contribution in [0.3, 0.4) is 0 Å². The van der Waals surface area contributed by atoms with Gasteiger partial charge in [-0.1, -0.05) is 35.5 Å². The summed E-state index contributed by atoms with van der Waals surface area (Å²) in [4.78, 5) is 12.6. The third kappa shape index (κ3) is 3.53. The SMILES string of the molecule is CCOc1ccc(NC(=O)c2ccc3noc(-c4ccccc4)c3c2)cc1. The van der Waals surface area contributed by atoms with E-state index in [-0.39, 0.29) is 5.91 Å². The molecule has 1 heterocycles. The van der Waals surface area contributed by atoms with E-state index in [9.17, 15) is 4.79 Å². The van der Waals surface area contributed by atoms with Gasteiger partial charge in [0.2, 0.25) is 0 Å². The van der Waals surface area contributed by atoms with Crippen LogP contribution in [0.15, 0.2) is 77.3 Å². The maximum absolute atomic E-state index is 12.6. The van der Waals surface area contributed by atoms with Crippen molar-refractivity contribution in [1.82, 2.24) is 5.16 Å². The number of rotatable bonds is 5. The van der Waals surface area contributed by atoms with Gasteiger partial charge in [-0.3, -0.25) is 4.79 Å². The molecular formula is C22H18N2O3. The summed E-state index contributed by atoms with van der Waals surface area (Å²) in [6.45, 7) is 2.54. The van der Waals surface area contributed by atoms with Crippen LogP contribution in [0.2, 0.25) is 0 Å². The van der Waals surface area contributed by atoms with Crippen LogP contribution in [0.1, 0.15) is 17.3 Å². The van der Waals surface area contributed by atoms with Crippen LogP contribution in [0, 0.1) is 0 Å². The second-order valence-electron chi connectivity index (χ2n) is 6.02. The quantitative estimate of drug-likeness (QED) is 0.536. The molecule has 0 fully saturated rings. The molecule has 0 saturated heterocycles. The van der Waals surface area contributed by atoms with Gasteiger partial charge < -0.3 is 14.6 Å². The molecule has 0 unspecified atom stereocenters. The molecule has 5 nitrogen and oxygen atoms in total. The number of hydrogen-bond acceptors (Lipinski definition) is 4. The lowest BCUT2D eigenvalue weighted by Crippen LogP contribution is -2.11. The van der Waals surface area contributed by atoms with Gasteiger partial charge in [-0.05, 0) is 49.4 Å². The Morgan fingerprint density at radius 1 is 1.04 bits per heavy atom. The first-order valence-corrected chi connectivity index (χ1v) is 8.73. The van der Waals surface area contributed by atoms with E-state index in [1.165, 1.54) is 0 Å². The van der Waals surface area contributed by atoms with Crippen molar-refractivity contribution in [2.45, 2.75) is 6.92 Å². The van der Waals surface area contributed by atoms with Gasteiger partial charge >= 0.3 is 0 Å². The minimum absolute atomic E-state index is 0.193. The number of hydrogen-bond donors (Lipinski definition) is 1. The molecule has 0 aliphatic rings. The number of fused-ring (bicyclic) bond motifs is 1. The monoisotopic (exact) mass is 358 g/mol. The highest BCUT2D eigenvalue weighted by atomic mass is 16.5. The lowest BCUT2D eigenvalue weighted by Gasteiger charge is -2.07. The van der Waals surface area contributed by atoms with Crippen molar-refractivity contribution in [2.75, 3.05) is 11.9 Å². The number of nitrogens with zero attached hydrogens (tertiary/aromatic N) is 1. The molecule has 0 radical (unpaired) electrons. The number of aromatic nitrogens is 1. The summed E-state index contributed by atoms with van der Waals surface area (Å²) in [6, 6.07) is 22.3. The van der Waals surface area contributed by atoms with Gasteiger partial charge in [0, 0.05) is 16.8 Å². The van der Waals surface area contributed by atoms with Gasteiger partial charge in [0.25, 0.3) is 5.91 Å². The van der Waals surface area contributed by atoms with E-state index in [1.807, 2.05) is 61.5 Å². The zero-order valence-corrected chi connectivity index (χ0v) is 14.8. The van der Waals surface area contributed by atoms with Crippen molar-refractivity contribution in [1.29, 1.82) is 0 Å². The van der Waals surface area contributed by atoms with E-state index >= 15 is 0 Å². The van der Waals surface area contributed by atoms with Crippen molar-refractivity contribution in [2.24, 2.45) is 0 Å². The third-order valence-corrected chi connectivity index (χ3v) is 4.20. The first kappa shape index (κ1) is 16.8. The normalized spacial score (nSPS) is 10.7. The van der Waals surface area contributed by atoms with Gasteiger partial charge in [-0.15, -0.1) is 0 Å². The molecule has 1 amide bonds. The van der Waals surface area contributed by atoms with Crippen LogP contribution < -0.4 is 10.1 Å². The second kappa shape index (κ2) is 7.33. The summed E-state index contributed by atoms with van der Waals surface area (Å²) >= 11 is 0. The molecule has 0 aliphatic carbocycles. The van der Waals surface area contributed by atoms with Crippen molar-refractivity contribution >= 4 is 22.5 Å². The fraction of sp³-hybridized carbons (Fsp3) is 0.0909. The molecule has 0 bridgehead atoms. The number of anilines is 1. The Bertz CT molecular complexity index is 1070. The number of nitrogens with one attached hydrogen (secondary N) is 1. The molecular weight excluding hydrogens is 340 g/mol. The highest BCUT2D eigenvalue weighted by Crippen LogP contribution is 2.29. The summed E-state index contributed by atoms with van der Waals surface area (Å²) in [5, 5.41) is 7.79. The average Bonchev–Trinajstić information content (AvgIpc) is 3.13. The molecule has 0 saturated carbocycles. The predicted molar refractivity (Wildman–Crippen MR) is 105 cm³/mol. The first-order valence-electron chi connectivity index (χ1n) is 8.73.